The minimum absolute atomic E-state index is 0.0220. The Hall–Kier alpha value is -3.54. The number of carbonyl (C=O) groups is 2. The molecule has 3 aromatic rings. The molecule has 1 aromatic carbocycles. The van der Waals surface area contributed by atoms with Crippen LogP contribution in [0.4, 0.5) is 23.1 Å². The Morgan fingerprint density at radius 3 is 2.51 bits per heavy atom. The summed E-state index contributed by atoms with van der Waals surface area (Å²) >= 11 is 0.753. The van der Waals surface area contributed by atoms with Crippen molar-refractivity contribution in [2.45, 2.75) is 30.3 Å². The van der Waals surface area contributed by atoms with Gasteiger partial charge in [-0.3, -0.25) is 19.7 Å². The highest BCUT2D eigenvalue weighted by atomic mass is 32.2. The lowest BCUT2D eigenvalue weighted by Gasteiger charge is -2.35. The first-order chi connectivity index (χ1) is 19.1. The number of carboxylic acid groups (broad SMARTS) is 1. The van der Waals surface area contributed by atoms with Gasteiger partial charge in [-0.15, -0.1) is 0 Å². The summed E-state index contributed by atoms with van der Waals surface area (Å²) in [7, 11) is -2.48. The summed E-state index contributed by atoms with van der Waals surface area (Å²) in [5.74, 6) is -0.454. The molecule has 1 atom stereocenters. The Morgan fingerprint density at radius 2 is 1.88 bits per heavy atom. The molecule has 12 nitrogen and oxygen atoms in total. The molecule has 0 radical (unpaired) electrons. The number of hydrogen-bond donors (Lipinski definition) is 3. The Bertz CT molecular complexity index is 1550. The number of carbonyl (C=O) groups excluding carboxylic acids is 1. The summed E-state index contributed by atoms with van der Waals surface area (Å²) in [5, 5.41) is 17.3. The van der Waals surface area contributed by atoms with Crippen LogP contribution in [0, 0.1) is 6.92 Å². The van der Waals surface area contributed by atoms with Gasteiger partial charge in [0, 0.05) is 63.1 Å². The van der Waals surface area contributed by atoms with Gasteiger partial charge in [0.05, 0.1) is 5.69 Å². The Morgan fingerprint density at radius 1 is 1.20 bits per heavy atom. The Labute approximate surface area is 237 Å². The van der Waals surface area contributed by atoms with E-state index >= 15 is 0 Å². The van der Waals surface area contributed by atoms with E-state index in [1.165, 1.54) is 48.7 Å². The average Bonchev–Trinajstić information content (AvgIpc) is 3.46. The molecular weight excluding hydrogens is 587 g/mol. The van der Waals surface area contributed by atoms with Gasteiger partial charge < -0.3 is 10.4 Å². The first-order valence-corrected chi connectivity index (χ1v) is 14.6. The van der Waals surface area contributed by atoms with Gasteiger partial charge in [-0.2, -0.15) is 22.6 Å². The quantitative estimate of drug-likeness (QED) is 0.350. The van der Waals surface area contributed by atoms with Crippen molar-refractivity contribution in [2.75, 3.05) is 38.0 Å². The number of aromatic nitrogens is 3. The fourth-order valence-corrected chi connectivity index (χ4v) is 7.48. The molecule has 2 amide bonds. The van der Waals surface area contributed by atoms with Gasteiger partial charge >= 0.3 is 12.3 Å². The molecule has 1 aliphatic rings. The van der Waals surface area contributed by atoms with Crippen molar-refractivity contribution in [3.8, 4) is 11.1 Å². The predicted octanol–water partition coefficient (Wildman–Crippen LogP) is 3.09. The smallest absolute Gasteiger partial charge is 0.435 e. The van der Waals surface area contributed by atoms with E-state index in [1.807, 2.05) is 4.90 Å². The van der Waals surface area contributed by atoms with Crippen LogP contribution in [0.3, 0.4) is 0 Å². The van der Waals surface area contributed by atoms with Gasteiger partial charge in [-0.1, -0.05) is 23.5 Å². The molecule has 222 valence electrons. The zero-order chi connectivity index (χ0) is 30.1. The van der Waals surface area contributed by atoms with Gasteiger partial charge in [0.2, 0.25) is 0 Å². The molecule has 1 aliphatic heterocycles. The molecule has 3 heterocycles. The molecule has 0 saturated carbocycles. The minimum Gasteiger partial charge on any atom is -0.465 e. The number of hydrogen-bond acceptors (Lipinski definition) is 8. The van der Waals surface area contributed by atoms with E-state index in [-0.39, 0.29) is 50.9 Å². The molecule has 0 bridgehead atoms. The zero-order valence-corrected chi connectivity index (χ0v) is 23.9. The standard InChI is InChI=1S/C24H28F3N7O5S2/c1-14(28-20(35)17-6-4-5-16(11-17)18-13-32(3)31-19(18)24(25,26)27)12-33-7-9-34(10-8-33)41(38,39)21-15(2)29-22(40-21)30-23(36)37/h4-6,11,13-14H,7-10,12H2,1-3H3,(H,28,35)(H,29,30)(H,36,37)/t14-/m0/s1. The van der Waals surface area contributed by atoms with Crippen LogP contribution in [-0.4, -0.2) is 88.3 Å². The summed E-state index contributed by atoms with van der Waals surface area (Å²) in [6.07, 6.45) is -4.73. The van der Waals surface area contributed by atoms with Crippen molar-refractivity contribution >= 4 is 38.5 Å². The first kappa shape index (κ1) is 30.4. The highest BCUT2D eigenvalue weighted by Crippen LogP contribution is 2.36. The molecule has 3 N–H and O–H groups in total. The first-order valence-electron chi connectivity index (χ1n) is 12.4. The summed E-state index contributed by atoms with van der Waals surface area (Å²) in [4.78, 5) is 29.7. The largest absolute Gasteiger partial charge is 0.465 e. The van der Waals surface area contributed by atoms with Gasteiger partial charge in [-0.05, 0) is 31.5 Å². The van der Waals surface area contributed by atoms with Gasteiger partial charge in [0.25, 0.3) is 15.9 Å². The van der Waals surface area contributed by atoms with Crippen LogP contribution in [0.5, 0.6) is 0 Å². The van der Waals surface area contributed by atoms with E-state index in [1.54, 1.807) is 6.92 Å². The number of sulfonamides is 1. The lowest BCUT2D eigenvalue weighted by molar-refractivity contribution is -0.141. The van der Waals surface area contributed by atoms with E-state index < -0.39 is 33.9 Å². The molecular formula is C24H28F3N7O5S2. The molecule has 0 aliphatic carbocycles. The van der Waals surface area contributed by atoms with E-state index in [4.69, 9.17) is 5.11 Å². The van der Waals surface area contributed by atoms with Gasteiger partial charge in [-0.25, -0.2) is 18.2 Å². The number of halogens is 3. The van der Waals surface area contributed by atoms with Crippen LogP contribution in [0.1, 0.15) is 28.7 Å². The van der Waals surface area contributed by atoms with Crippen LogP contribution in [-0.2, 0) is 23.2 Å². The fourth-order valence-electron chi connectivity index (χ4n) is 4.51. The Balaban J connectivity index is 1.35. The van der Waals surface area contributed by atoms with Crippen LogP contribution >= 0.6 is 11.3 Å². The van der Waals surface area contributed by atoms with Crippen molar-refractivity contribution in [3.05, 3.63) is 47.4 Å². The zero-order valence-electron chi connectivity index (χ0n) is 22.3. The average molecular weight is 616 g/mol. The second kappa shape index (κ2) is 11.8. The van der Waals surface area contributed by atoms with Gasteiger partial charge in [0.15, 0.2) is 15.0 Å². The molecule has 1 fully saturated rings. The lowest BCUT2D eigenvalue weighted by atomic mass is 10.0. The number of piperazine rings is 1. The van der Waals surface area contributed by atoms with Crippen LogP contribution in [0.25, 0.3) is 11.1 Å². The number of thiazole rings is 1. The van der Waals surface area contributed by atoms with Crippen molar-refractivity contribution in [2.24, 2.45) is 7.05 Å². The molecule has 0 spiro atoms. The van der Waals surface area contributed by atoms with E-state index in [9.17, 15) is 31.2 Å². The van der Waals surface area contributed by atoms with Crippen molar-refractivity contribution in [3.63, 3.8) is 0 Å². The second-order valence-corrected chi connectivity index (χ2v) is 12.7. The van der Waals surface area contributed by atoms with Crippen molar-refractivity contribution in [1.82, 2.24) is 29.3 Å². The fraction of sp³-hybridized carbons (Fsp3) is 0.417. The van der Waals surface area contributed by atoms with E-state index in [0.717, 1.165) is 16.0 Å². The molecule has 1 saturated heterocycles. The number of benzene rings is 1. The molecule has 2 aromatic heterocycles. The second-order valence-electron chi connectivity index (χ2n) is 9.54. The molecule has 4 rings (SSSR count). The predicted molar refractivity (Wildman–Crippen MR) is 144 cm³/mol. The molecule has 17 heteroatoms. The third-order valence-electron chi connectivity index (χ3n) is 6.32. The third-order valence-corrected chi connectivity index (χ3v) is 9.87. The van der Waals surface area contributed by atoms with Gasteiger partial charge in [0.1, 0.15) is 0 Å². The topological polar surface area (TPSA) is 150 Å². The maximum atomic E-state index is 13.4. The highest BCUT2D eigenvalue weighted by molar-refractivity contribution is 7.91. The monoisotopic (exact) mass is 615 g/mol. The molecule has 0 unspecified atom stereocenters. The van der Waals surface area contributed by atoms with Crippen LogP contribution in [0.2, 0.25) is 0 Å². The number of amides is 2. The summed E-state index contributed by atoms with van der Waals surface area (Å²) in [5.41, 5.74) is -0.544. The SMILES string of the molecule is Cc1nc(NC(=O)O)sc1S(=O)(=O)N1CCN(C[C@H](C)NC(=O)c2cccc(-c3cn(C)nc3C(F)(F)F)c2)CC1. The van der Waals surface area contributed by atoms with Crippen LogP contribution in [0.15, 0.2) is 34.7 Å². The highest BCUT2D eigenvalue weighted by Gasteiger charge is 2.37. The number of nitrogens with zero attached hydrogens (tertiary/aromatic N) is 5. The van der Waals surface area contributed by atoms with Crippen molar-refractivity contribution < 1.29 is 36.3 Å². The normalized spacial score (nSPS) is 16.0. The number of rotatable bonds is 8. The number of alkyl halides is 3. The maximum absolute atomic E-state index is 13.4. The number of nitrogens with one attached hydrogen (secondary N) is 2. The maximum Gasteiger partial charge on any atom is 0.435 e. The third kappa shape index (κ3) is 7.03. The van der Waals surface area contributed by atoms with Crippen LogP contribution < -0.4 is 10.6 Å². The summed E-state index contributed by atoms with van der Waals surface area (Å²) in [6.45, 7) is 4.88. The van der Waals surface area contributed by atoms with E-state index in [0.29, 0.717) is 19.6 Å². The van der Waals surface area contributed by atoms with Crippen molar-refractivity contribution in [1.29, 1.82) is 0 Å². The summed E-state index contributed by atoms with van der Waals surface area (Å²) < 4.78 is 68.9. The lowest BCUT2D eigenvalue weighted by Crippen LogP contribution is -2.52. The number of anilines is 1. The van der Waals surface area contributed by atoms with E-state index in [2.05, 4.69) is 20.7 Å². The molecule has 41 heavy (non-hydrogen) atoms. The summed E-state index contributed by atoms with van der Waals surface area (Å²) in [6, 6.07) is 5.55. The number of aryl methyl sites for hydroxylation is 2. The minimum atomic E-state index is -4.65. The Kier molecular flexibility index (Phi) is 8.72.